The van der Waals surface area contributed by atoms with Crippen LogP contribution in [-0.2, 0) is 14.4 Å². The van der Waals surface area contributed by atoms with E-state index >= 15 is 0 Å². The number of fused-ring (bicyclic) bond motifs is 1. The lowest BCUT2D eigenvalue weighted by Crippen LogP contribution is -2.45. The number of aryl methyl sites for hydroxylation is 1. The number of nitrogens with zero attached hydrogens (tertiary/aromatic N) is 2. The molecule has 0 saturated carbocycles. The molecule has 0 radical (unpaired) electrons. The topological polar surface area (TPSA) is 81.8 Å². The Bertz CT molecular complexity index is 979. The first-order valence-electron chi connectivity index (χ1n) is 9.70. The average molecular weight is 412 g/mol. The third-order valence-electron chi connectivity index (χ3n) is 4.92. The summed E-state index contributed by atoms with van der Waals surface area (Å²) < 4.78 is 13.4. The molecular weight excluding hydrogens is 387 g/mol. The molecule has 2 aromatic rings. The van der Waals surface area contributed by atoms with E-state index in [1.54, 1.807) is 48.0 Å². The maximum absolute atomic E-state index is 13.4. The summed E-state index contributed by atoms with van der Waals surface area (Å²) in [6.07, 6.45) is 0.184. The van der Waals surface area contributed by atoms with Gasteiger partial charge in [0.05, 0.1) is 24.5 Å². The quantitative estimate of drug-likeness (QED) is 0.791. The monoisotopic (exact) mass is 412 g/mol. The van der Waals surface area contributed by atoms with E-state index in [4.69, 9.17) is 0 Å². The molecular formula is C22H25FN4O3. The molecule has 0 saturated heterocycles. The minimum atomic E-state index is -0.434. The summed E-state index contributed by atoms with van der Waals surface area (Å²) in [5.74, 6) is -1.15. The SMILES string of the molecule is Cc1ccc(F)cc1NC(=O)CN(C)CC(=O)N1c2ccccc2NC(=O)CC1C. The van der Waals surface area contributed by atoms with Gasteiger partial charge in [-0.25, -0.2) is 4.39 Å². The van der Waals surface area contributed by atoms with E-state index in [-0.39, 0.29) is 43.3 Å². The molecule has 0 spiro atoms. The highest BCUT2D eigenvalue weighted by atomic mass is 19.1. The number of benzene rings is 2. The zero-order valence-corrected chi connectivity index (χ0v) is 17.2. The fourth-order valence-electron chi connectivity index (χ4n) is 3.49. The Balaban J connectivity index is 1.67. The number of hydrogen-bond acceptors (Lipinski definition) is 4. The second-order valence-electron chi connectivity index (χ2n) is 7.56. The summed E-state index contributed by atoms with van der Waals surface area (Å²) in [6.45, 7) is 3.54. The molecule has 0 bridgehead atoms. The molecule has 158 valence electrons. The molecule has 3 amide bonds. The van der Waals surface area contributed by atoms with Gasteiger partial charge in [0.2, 0.25) is 17.7 Å². The number of halogens is 1. The predicted octanol–water partition coefficient (Wildman–Crippen LogP) is 2.77. The zero-order chi connectivity index (χ0) is 21.8. The van der Waals surface area contributed by atoms with E-state index in [9.17, 15) is 18.8 Å². The van der Waals surface area contributed by atoms with Gasteiger partial charge in [0.1, 0.15) is 5.82 Å². The van der Waals surface area contributed by atoms with Crippen molar-refractivity contribution in [2.24, 2.45) is 0 Å². The Kier molecular flexibility index (Phi) is 6.47. The standard InChI is InChI=1S/C22H25FN4O3/c1-14-8-9-16(23)11-18(14)25-21(29)12-26(3)13-22(30)27-15(2)10-20(28)24-17-6-4-5-7-19(17)27/h4-9,11,15H,10,12-13H2,1-3H3,(H,24,28)(H,25,29). The van der Waals surface area contributed by atoms with Crippen molar-refractivity contribution in [2.45, 2.75) is 26.3 Å². The van der Waals surface area contributed by atoms with Crippen molar-refractivity contribution in [3.05, 3.63) is 53.8 Å². The van der Waals surface area contributed by atoms with Gasteiger partial charge in [-0.2, -0.15) is 0 Å². The Morgan fingerprint density at radius 3 is 2.73 bits per heavy atom. The van der Waals surface area contributed by atoms with Gasteiger partial charge >= 0.3 is 0 Å². The average Bonchev–Trinajstić information content (AvgIpc) is 2.78. The van der Waals surface area contributed by atoms with Crippen LogP contribution in [0.25, 0.3) is 0 Å². The maximum Gasteiger partial charge on any atom is 0.241 e. The fraction of sp³-hybridized carbons (Fsp3) is 0.318. The molecule has 0 aromatic heterocycles. The summed E-state index contributed by atoms with van der Waals surface area (Å²) in [6, 6.07) is 11.0. The highest BCUT2D eigenvalue weighted by Crippen LogP contribution is 2.31. The third kappa shape index (κ3) is 5.01. The summed E-state index contributed by atoms with van der Waals surface area (Å²) in [5.41, 5.74) is 2.37. The molecule has 1 unspecified atom stereocenters. The first-order valence-corrected chi connectivity index (χ1v) is 9.70. The lowest BCUT2D eigenvalue weighted by atomic mass is 10.1. The van der Waals surface area contributed by atoms with Crippen LogP contribution >= 0.6 is 0 Å². The van der Waals surface area contributed by atoms with E-state index in [2.05, 4.69) is 10.6 Å². The molecule has 2 N–H and O–H groups in total. The Hall–Kier alpha value is -3.26. The fourth-order valence-corrected chi connectivity index (χ4v) is 3.49. The minimum absolute atomic E-state index is 0.0115. The maximum atomic E-state index is 13.4. The van der Waals surface area contributed by atoms with E-state index < -0.39 is 5.82 Å². The van der Waals surface area contributed by atoms with Crippen LogP contribution in [0, 0.1) is 12.7 Å². The van der Waals surface area contributed by atoms with Gasteiger partial charge in [-0.3, -0.25) is 19.3 Å². The predicted molar refractivity (Wildman–Crippen MR) is 114 cm³/mol. The Morgan fingerprint density at radius 2 is 1.97 bits per heavy atom. The van der Waals surface area contributed by atoms with Gasteiger partial charge in [-0.1, -0.05) is 18.2 Å². The summed E-state index contributed by atoms with van der Waals surface area (Å²) in [4.78, 5) is 40.7. The van der Waals surface area contributed by atoms with Gasteiger partial charge in [-0.05, 0) is 50.7 Å². The number of anilines is 3. The number of nitrogens with one attached hydrogen (secondary N) is 2. The van der Waals surface area contributed by atoms with Gasteiger partial charge in [-0.15, -0.1) is 0 Å². The number of likely N-dealkylation sites (N-methyl/N-ethyl adjacent to an activating group) is 1. The van der Waals surface area contributed by atoms with Crippen molar-refractivity contribution < 1.29 is 18.8 Å². The molecule has 8 heteroatoms. The lowest BCUT2D eigenvalue weighted by molar-refractivity contribution is -0.121. The molecule has 0 aliphatic carbocycles. The summed E-state index contributed by atoms with van der Waals surface area (Å²) >= 11 is 0. The Morgan fingerprint density at radius 1 is 1.23 bits per heavy atom. The van der Waals surface area contributed by atoms with Crippen LogP contribution < -0.4 is 15.5 Å². The van der Waals surface area contributed by atoms with Crippen LogP contribution in [-0.4, -0.2) is 48.8 Å². The number of rotatable bonds is 5. The summed E-state index contributed by atoms with van der Waals surface area (Å²) in [5, 5.41) is 5.49. The highest BCUT2D eigenvalue weighted by molar-refractivity contribution is 6.05. The van der Waals surface area contributed by atoms with Crippen molar-refractivity contribution >= 4 is 34.8 Å². The van der Waals surface area contributed by atoms with Crippen LogP contribution in [0.15, 0.2) is 42.5 Å². The van der Waals surface area contributed by atoms with Gasteiger partial charge < -0.3 is 15.5 Å². The first kappa shape index (κ1) is 21.4. The number of para-hydroxylation sites is 2. The van der Waals surface area contributed by atoms with E-state index in [1.807, 2.05) is 13.0 Å². The normalized spacial score (nSPS) is 16.0. The number of amides is 3. The van der Waals surface area contributed by atoms with Crippen molar-refractivity contribution in [2.75, 3.05) is 35.7 Å². The van der Waals surface area contributed by atoms with Crippen molar-refractivity contribution in [3.8, 4) is 0 Å². The van der Waals surface area contributed by atoms with Crippen LogP contribution in [0.2, 0.25) is 0 Å². The van der Waals surface area contributed by atoms with Crippen molar-refractivity contribution in [3.63, 3.8) is 0 Å². The largest absolute Gasteiger partial charge is 0.325 e. The van der Waals surface area contributed by atoms with E-state index in [1.165, 1.54) is 12.1 Å². The smallest absolute Gasteiger partial charge is 0.241 e. The molecule has 1 heterocycles. The highest BCUT2D eigenvalue weighted by Gasteiger charge is 2.30. The van der Waals surface area contributed by atoms with Gasteiger partial charge in [0.25, 0.3) is 0 Å². The van der Waals surface area contributed by atoms with Gasteiger partial charge in [0, 0.05) is 18.2 Å². The molecule has 3 rings (SSSR count). The molecule has 1 atom stereocenters. The molecule has 0 fully saturated rings. The lowest BCUT2D eigenvalue weighted by Gasteiger charge is -2.29. The Labute approximate surface area is 174 Å². The zero-order valence-electron chi connectivity index (χ0n) is 17.2. The van der Waals surface area contributed by atoms with E-state index in [0.29, 0.717) is 17.1 Å². The van der Waals surface area contributed by atoms with E-state index in [0.717, 1.165) is 5.56 Å². The van der Waals surface area contributed by atoms with Gasteiger partial charge in [0.15, 0.2) is 0 Å². The third-order valence-corrected chi connectivity index (χ3v) is 4.92. The van der Waals surface area contributed by atoms with Crippen molar-refractivity contribution in [1.82, 2.24) is 4.90 Å². The molecule has 1 aliphatic rings. The van der Waals surface area contributed by atoms with Crippen molar-refractivity contribution in [1.29, 1.82) is 0 Å². The van der Waals surface area contributed by atoms with Crippen LogP contribution in [0.5, 0.6) is 0 Å². The summed E-state index contributed by atoms with van der Waals surface area (Å²) in [7, 11) is 1.66. The number of carbonyl (C=O) groups excluding carboxylic acids is 3. The van der Waals surface area contributed by atoms with Crippen LogP contribution in [0.1, 0.15) is 18.9 Å². The minimum Gasteiger partial charge on any atom is -0.325 e. The second kappa shape index (κ2) is 9.04. The van der Waals surface area contributed by atoms with Crippen LogP contribution in [0.3, 0.4) is 0 Å². The first-order chi connectivity index (χ1) is 14.2. The second-order valence-corrected chi connectivity index (χ2v) is 7.56. The molecule has 1 aliphatic heterocycles. The number of hydrogen-bond donors (Lipinski definition) is 2. The van der Waals surface area contributed by atoms with Crippen LogP contribution in [0.4, 0.5) is 21.5 Å². The molecule has 2 aromatic carbocycles. The molecule has 7 nitrogen and oxygen atoms in total. The number of carbonyl (C=O) groups is 3. The molecule has 30 heavy (non-hydrogen) atoms.